The summed E-state index contributed by atoms with van der Waals surface area (Å²) in [6, 6.07) is 3.63. The van der Waals surface area contributed by atoms with Gasteiger partial charge in [0.25, 0.3) is 0 Å². The first kappa shape index (κ1) is 16.2. The van der Waals surface area contributed by atoms with Gasteiger partial charge in [0.2, 0.25) is 12.3 Å². The smallest absolute Gasteiger partial charge is 0.228 e. The maximum absolute atomic E-state index is 12.0. The number of amides is 2. The Hall–Kier alpha value is -2.18. The van der Waals surface area contributed by atoms with Crippen molar-refractivity contribution in [3.05, 3.63) is 12.1 Å². The van der Waals surface area contributed by atoms with E-state index in [1.165, 1.54) is 0 Å². The average Bonchev–Trinajstić information content (AvgIpc) is 2.57. The molecule has 0 aromatic carbocycles. The molecular formula is C15H23N5O2. The molecule has 1 fully saturated rings. The number of hydrogen-bond donors (Lipinski definition) is 1. The van der Waals surface area contributed by atoms with Crippen LogP contribution in [-0.2, 0) is 9.59 Å². The van der Waals surface area contributed by atoms with E-state index in [9.17, 15) is 9.59 Å². The number of carbonyl (C=O) groups excluding carboxylic acids is 2. The van der Waals surface area contributed by atoms with Gasteiger partial charge in [0.05, 0.1) is 0 Å². The molecule has 0 spiro atoms. The van der Waals surface area contributed by atoms with Gasteiger partial charge in [-0.2, -0.15) is 0 Å². The van der Waals surface area contributed by atoms with Gasteiger partial charge in [-0.05, 0) is 25.0 Å². The summed E-state index contributed by atoms with van der Waals surface area (Å²) in [6.45, 7) is 6.87. The summed E-state index contributed by atoms with van der Waals surface area (Å²) in [5.74, 6) is 1.25. The molecule has 1 aliphatic heterocycles. The molecule has 0 atom stereocenters. The van der Waals surface area contributed by atoms with Crippen LogP contribution in [0, 0.1) is 5.92 Å². The first-order chi connectivity index (χ1) is 10.7. The molecule has 7 heteroatoms. The molecule has 1 aromatic heterocycles. The molecule has 1 saturated heterocycles. The highest BCUT2D eigenvalue weighted by atomic mass is 16.2. The fourth-order valence-corrected chi connectivity index (χ4v) is 2.50. The summed E-state index contributed by atoms with van der Waals surface area (Å²) in [6.07, 6.45) is 2.50. The third-order valence-corrected chi connectivity index (χ3v) is 4.05. The SMILES string of the molecule is CCC(CC)C(=O)Nc1ccc(N2CCN(C=O)CC2)nn1. The Morgan fingerprint density at radius 1 is 1.23 bits per heavy atom. The van der Waals surface area contributed by atoms with Crippen LogP contribution in [0.3, 0.4) is 0 Å². The Labute approximate surface area is 130 Å². The van der Waals surface area contributed by atoms with E-state index in [-0.39, 0.29) is 11.8 Å². The fourth-order valence-electron chi connectivity index (χ4n) is 2.50. The van der Waals surface area contributed by atoms with Gasteiger partial charge in [0, 0.05) is 32.1 Å². The Morgan fingerprint density at radius 2 is 1.91 bits per heavy atom. The van der Waals surface area contributed by atoms with Crippen LogP contribution in [0.15, 0.2) is 12.1 Å². The third-order valence-electron chi connectivity index (χ3n) is 4.05. The van der Waals surface area contributed by atoms with Crippen molar-refractivity contribution in [3.63, 3.8) is 0 Å². The van der Waals surface area contributed by atoms with Crippen LogP contribution in [-0.4, -0.2) is 53.6 Å². The minimum absolute atomic E-state index is 0.00773. The Balaban J connectivity index is 1.93. The molecule has 1 aliphatic rings. The Morgan fingerprint density at radius 3 is 2.41 bits per heavy atom. The predicted octanol–water partition coefficient (Wildman–Crippen LogP) is 1.13. The zero-order chi connectivity index (χ0) is 15.9. The van der Waals surface area contributed by atoms with Crippen molar-refractivity contribution in [3.8, 4) is 0 Å². The molecule has 2 heterocycles. The molecule has 22 heavy (non-hydrogen) atoms. The Kier molecular flexibility index (Phi) is 5.68. The molecule has 0 saturated carbocycles. The van der Waals surface area contributed by atoms with E-state index in [2.05, 4.69) is 20.4 Å². The second-order valence-corrected chi connectivity index (χ2v) is 5.41. The van der Waals surface area contributed by atoms with Crippen LogP contribution in [0.1, 0.15) is 26.7 Å². The van der Waals surface area contributed by atoms with E-state index >= 15 is 0 Å². The standard InChI is InChI=1S/C15H23N5O2/c1-3-12(4-2)15(22)16-13-5-6-14(18-17-13)20-9-7-19(11-21)8-10-20/h5-6,11-12H,3-4,7-10H2,1-2H3,(H,16,17,22). The molecule has 2 amide bonds. The topological polar surface area (TPSA) is 78.4 Å². The zero-order valence-corrected chi connectivity index (χ0v) is 13.2. The summed E-state index contributed by atoms with van der Waals surface area (Å²) in [7, 11) is 0. The number of nitrogens with zero attached hydrogens (tertiary/aromatic N) is 4. The molecule has 1 N–H and O–H groups in total. The fraction of sp³-hybridized carbons (Fsp3) is 0.600. The molecule has 0 radical (unpaired) electrons. The number of aromatic nitrogens is 2. The minimum Gasteiger partial charge on any atom is -0.352 e. The largest absolute Gasteiger partial charge is 0.352 e. The summed E-state index contributed by atoms with van der Waals surface area (Å²) < 4.78 is 0. The monoisotopic (exact) mass is 305 g/mol. The molecule has 7 nitrogen and oxygen atoms in total. The molecule has 120 valence electrons. The lowest BCUT2D eigenvalue weighted by atomic mass is 10.0. The van der Waals surface area contributed by atoms with Crippen molar-refractivity contribution in [2.45, 2.75) is 26.7 Å². The first-order valence-corrected chi connectivity index (χ1v) is 7.76. The van der Waals surface area contributed by atoms with Gasteiger partial charge in [-0.25, -0.2) is 0 Å². The van der Waals surface area contributed by atoms with Crippen LogP contribution in [0.2, 0.25) is 0 Å². The highest BCUT2D eigenvalue weighted by molar-refractivity contribution is 5.91. The normalized spacial score (nSPS) is 15.0. The molecule has 0 unspecified atom stereocenters. The number of piperazine rings is 1. The van der Waals surface area contributed by atoms with Gasteiger partial charge in [0.1, 0.15) is 0 Å². The number of anilines is 2. The van der Waals surface area contributed by atoms with Crippen LogP contribution >= 0.6 is 0 Å². The second-order valence-electron chi connectivity index (χ2n) is 5.41. The van der Waals surface area contributed by atoms with E-state index in [0.29, 0.717) is 18.9 Å². The lowest BCUT2D eigenvalue weighted by Gasteiger charge is -2.32. The molecule has 2 rings (SSSR count). The van der Waals surface area contributed by atoms with Crippen molar-refractivity contribution in [1.82, 2.24) is 15.1 Å². The zero-order valence-electron chi connectivity index (χ0n) is 13.2. The van der Waals surface area contributed by atoms with Crippen LogP contribution in [0.25, 0.3) is 0 Å². The summed E-state index contributed by atoms with van der Waals surface area (Å²) >= 11 is 0. The van der Waals surface area contributed by atoms with Crippen molar-refractivity contribution in [1.29, 1.82) is 0 Å². The molecule has 0 bridgehead atoms. The van der Waals surface area contributed by atoms with E-state index in [1.807, 2.05) is 19.9 Å². The van der Waals surface area contributed by atoms with E-state index in [0.717, 1.165) is 38.2 Å². The summed E-state index contributed by atoms with van der Waals surface area (Å²) in [5.41, 5.74) is 0. The summed E-state index contributed by atoms with van der Waals surface area (Å²) in [4.78, 5) is 26.5. The highest BCUT2D eigenvalue weighted by Crippen LogP contribution is 2.15. The minimum atomic E-state index is -0.00773. The lowest BCUT2D eigenvalue weighted by Crippen LogP contribution is -2.46. The average molecular weight is 305 g/mol. The summed E-state index contributed by atoms with van der Waals surface area (Å²) in [5, 5.41) is 11.1. The van der Waals surface area contributed by atoms with Crippen LogP contribution < -0.4 is 10.2 Å². The van der Waals surface area contributed by atoms with Crippen molar-refractivity contribution in [2.75, 3.05) is 36.4 Å². The van der Waals surface area contributed by atoms with Gasteiger partial charge < -0.3 is 15.1 Å². The maximum atomic E-state index is 12.0. The molecular weight excluding hydrogens is 282 g/mol. The number of rotatable bonds is 6. The van der Waals surface area contributed by atoms with Crippen LogP contribution in [0.4, 0.5) is 11.6 Å². The maximum Gasteiger partial charge on any atom is 0.228 e. The van der Waals surface area contributed by atoms with Crippen molar-refractivity contribution in [2.24, 2.45) is 5.92 Å². The van der Waals surface area contributed by atoms with Gasteiger partial charge in [0.15, 0.2) is 11.6 Å². The van der Waals surface area contributed by atoms with Gasteiger partial charge in [-0.3, -0.25) is 9.59 Å². The predicted molar refractivity (Wildman–Crippen MR) is 84.6 cm³/mol. The van der Waals surface area contributed by atoms with Gasteiger partial charge in [-0.15, -0.1) is 10.2 Å². The first-order valence-electron chi connectivity index (χ1n) is 7.76. The molecule has 1 aromatic rings. The van der Waals surface area contributed by atoms with Crippen molar-refractivity contribution < 1.29 is 9.59 Å². The van der Waals surface area contributed by atoms with Crippen LogP contribution in [0.5, 0.6) is 0 Å². The van der Waals surface area contributed by atoms with E-state index < -0.39 is 0 Å². The number of nitrogens with one attached hydrogen (secondary N) is 1. The third kappa shape index (κ3) is 3.93. The second kappa shape index (κ2) is 7.72. The number of hydrogen-bond acceptors (Lipinski definition) is 5. The quantitative estimate of drug-likeness (QED) is 0.797. The van der Waals surface area contributed by atoms with Gasteiger partial charge in [-0.1, -0.05) is 13.8 Å². The Bertz CT molecular complexity index is 493. The van der Waals surface area contributed by atoms with Gasteiger partial charge >= 0.3 is 0 Å². The molecule has 0 aliphatic carbocycles. The lowest BCUT2D eigenvalue weighted by molar-refractivity contribution is -0.120. The number of carbonyl (C=O) groups is 2. The van der Waals surface area contributed by atoms with Crippen molar-refractivity contribution >= 4 is 24.0 Å². The van der Waals surface area contributed by atoms with E-state index in [1.54, 1.807) is 11.0 Å². The van der Waals surface area contributed by atoms with E-state index in [4.69, 9.17) is 0 Å². The highest BCUT2D eigenvalue weighted by Gasteiger charge is 2.18.